The third-order valence-corrected chi connectivity index (χ3v) is 9.36. The lowest BCUT2D eigenvalue weighted by atomic mass is 9.99. The zero-order valence-electron chi connectivity index (χ0n) is 18.9. The summed E-state index contributed by atoms with van der Waals surface area (Å²) in [7, 11) is -1.21. The number of aryl methyl sites for hydroxylation is 1. The molecule has 2 N–H and O–H groups in total. The highest BCUT2D eigenvalue weighted by Gasteiger charge is 2.47. The smallest absolute Gasteiger partial charge is 0.273 e. The van der Waals surface area contributed by atoms with Gasteiger partial charge in [0.1, 0.15) is 5.76 Å². The van der Waals surface area contributed by atoms with E-state index in [2.05, 4.69) is 22.4 Å². The van der Waals surface area contributed by atoms with Crippen LogP contribution >= 0.6 is 0 Å². The quantitative estimate of drug-likeness (QED) is 0.526. The number of carbonyl (C=O) groups is 1. The molecule has 0 spiro atoms. The first-order chi connectivity index (χ1) is 15.4. The second-order valence-electron chi connectivity index (χ2n) is 9.74. The third kappa shape index (κ3) is 5.52. The Morgan fingerprint density at radius 3 is 2.53 bits per heavy atom. The van der Waals surface area contributed by atoms with Gasteiger partial charge in [0.2, 0.25) is 10.0 Å². The Morgan fingerprint density at radius 1 is 1.19 bits per heavy atom. The molecule has 4 heterocycles. The van der Waals surface area contributed by atoms with Gasteiger partial charge in [0.15, 0.2) is 5.69 Å². The van der Waals surface area contributed by atoms with E-state index in [4.69, 9.17) is 9.63 Å². The topological polar surface area (TPSA) is 116 Å². The Hall–Kier alpha value is -1.49. The van der Waals surface area contributed by atoms with E-state index in [0.29, 0.717) is 31.4 Å². The summed E-state index contributed by atoms with van der Waals surface area (Å²) in [6, 6.07) is 1.55. The van der Waals surface area contributed by atoms with Crippen molar-refractivity contribution in [3.8, 4) is 0 Å². The molecule has 180 valence electrons. The van der Waals surface area contributed by atoms with Crippen LogP contribution in [0.25, 0.3) is 0 Å². The van der Waals surface area contributed by atoms with Crippen LogP contribution in [-0.4, -0.2) is 84.4 Å². The Morgan fingerprint density at radius 2 is 1.88 bits per heavy atom. The standard InChI is InChI=1S/C22H36N4O5S/c1-25-9-7-16(8-10-25)15-32(29,30)26-18-5-6-19(26)13-17(12-18)23-22(28)21-14-20(31-24-21)4-2-3-11-27/h14,16-19,27H,2-13,15H2,1H3,(H,23,28)/t17?,18-,19+. The largest absolute Gasteiger partial charge is 0.396 e. The van der Waals surface area contributed by atoms with Gasteiger partial charge in [-0.3, -0.25) is 4.79 Å². The molecule has 3 aliphatic rings. The molecule has 10 heteroatoms. The third-order valence-electron chi connectivity index (χ3n) is 7.23. The lowest BCUT2D eigenvalue weighted by Gasteiger charge is -2.39. The summed E-state index contributed by atoms with van der Waals surface area (Å²) in [4.78, 5) is 14.9. The van der Waals surface area contributed by atoms with Crippen molar-refractivity contribution < 1.29 is 22.8 Å². The number of hydrogen-bond acceptors (Lipinski definition) is 7. The van der Waals surface area contributed by atoms with E-state index in [1.807, 2.05) is 0 Å². The number of likely N-dealkylation sites (tertiary alicyclic amines) is 1. The first-order valence-electron chi connectivity index (χ1n) is 11.9. The summed E-state index contributed by atoms with van der Waals surface area (Å²) in [5.41, 5.74) is 0.258. The SMILES string of the molecule is CN1CCC(CS(=O)(=O)N2[C@@H]3CC[C@H]2CC(NC(=O)c2cc(CCCCO)on2)C3)CC1. The van der Waals surface area contributed by atoms with Gasteiger partial charge in [-0.25, -0.2) is 8.42 Å². The number of unbranched alkanes of at least 4 members (excludes halogenated alkanes) is 1. The zero-order valence-corrected chi connectivity index (χ0v) is 19.7. The number of aliphatic hydroxyl groups is 1. The number of nitrogens with zero attached hydrogens (tertiary/aromatic N) is 3. The number of aromatic nitrogens is 1. The predicted molar refractivity (Wildman–Crippen MR) is 120 cm³/mol. The van der Waals surface area contributed by atoms with Crippen molar-refractivity contribution in [3.63, 3.8) is 0 Å². The van der Waals surface area contributed by atoms with Crippen LogP contribution in [0.15, 0.2) is 10.6 Å². The van der Waals surface area contributed by atoms with E-state index in [1.165, 1.54) is 0 Å². The second-order valence-corrected chi connectivity index (χ2v) is 11.7. The van der Waals surface area contributed by atoms with E-state index >= 15 is 0 Å². The zero-order chi connectivity index (χ0) is 22.7. The summed E-state index contributed by atoms with van der Waals surface area (Å²) in [6.45, 7) is 2.06. The first kappa shape index (κ1) is 23.7. The molecule has 0 aromatic carbocycles. The summed E-state index contributed by atoms with van der Waals surface area (Å²) >= 11 is 0. The predicted octanol–water partition coefficient (Wildman–Crippen LogP) is 1.39. The van der Waals surface area contributed by atoms with Gasteiger partial charge >= 0.3 is 0 Å². The number of nitrogens with one attached hydrogen (secondary N) is 1. The van der Waals surface area contributed by atoms with Crippen LogP contribution in [0.4, 0.5) is 0 Å². The van der Waals surface area contributed by atoms with Crippen molar-refractivity contribution >= 4 is 15.9 Å². The average Bonchev–Trinajstić information content (AvgIpc) is 3.33. The number of hydrogen-bond donors (Lipinski definition) is 2. The molecule has 1 aromatic heterocycles. The summed E-state index contributed by atoms with van der Waals surface area (Å²) in [5.74, 6) is 0.863. The van der Waals surface area contributed by atoms with E-state index in [1.54, 1.807) is 10.4 Å². The van der Waals surface area contributed by atoms with Gasteiger partial charge in [-0.05, 0) is 77.4 Å². The summed E-state index contributed by atoms with van der Waals surface area (Å²) in [6.07, 6.45) is 7.01. The maximum atomic E-state index is 13.2. The fourth-order valence-corrected chi connectivity index (χ4v) is 7.92. The van der Waals surface area contributed by atoms with E-state index in [0.717, 1.165) is 45.2 Å². The Bertz CT molecular complexity index is 867. The molecule has 3 aliphatic heterocycles. The Kier molecular flexibility index (Phi) is 7.54. The fourth-order valence-electron chi connectivity index (χ4n) is 5.53. The Balaban J connectivity index is 1.31. The number of piperidine rings is 2. The van der Waals surface area contributed by atoms with Gasteiger partial charge < -0.3 is 19.8 Å². The van der Waals surface area contributed by atoms with Crippen molar-refractivity contribution in [2.75, 3.05) is 32.5 Å². The number of rotatable bonds is 9. The number of aliphatic hydroxyl groups excluding tert-OH is 1. The molecule has 1 amide bonds. The van der Waals surface area contributed by atoms with E-state index in [-0.39, 0.29) is 48.0 Å². The minimum atomic E-state index is -3.29. The molecule has 3 saturated heterocycles. The van der Waals surface area contributed by atoms with E-state index in [9.17, 15) is 13.2 Å². The van der Waals surface area contributed by atoms with Gasteiger partial charge in [0, 0.05) is 37.2 Å². The minimum Gasteiger partial charge on any atom is -0.396 e. The van der Waals surface area contributed by atoms with Crippen molar-refractivity contribution in [1.82, 2.24) is 19.7 Å². The molecule has 3 fully saturated rings. The molecule has 2 bridgehead atoms. The summed E-state index contributed by atoms with van der Waals surface area (Å²) in [5, 5.41) is 15.8. The molecule has 0 saturated carbocycles. The lowest BCUT2D eigenvalue weighted by molar-refractivity contribution is 0.0900. The van der Waals surface area contributed by atoms with Crippen molar-refractivity contribution in [1.29, 1.82) is 0 Å². The maximum absolute atomic E-state index is 13.2. The van der Waals surface area contributed by atoms with Crippen LogP contribution in [0.5, 0.6) is 0 Å². The molecule has 1 aromatic rings. The van der Waals surface area contributed by atoms with Crippen LogP contribution in [0, 0.1) is 5.92 Å². The van der Waals surface area contributed by atoms with Crippen LogP contribution < -0.4 is 5.32 Å². The average molecular weight is 469 g/mol. The molecule has 4 rings (SSSR count). The Labute approximate surface area is 190 Å². The van der Waals surface area contributed by atoms with Crippen LogP contribution in [0.2, 0.25) is 0 Å². The maximum Gasteiger partial charge on any atom is 0.273 e. The van der Waals surface area contributed by atoms with Gasteiger partial charge in [0.25, 0.3) is 5.91 Å². The van der Waals surface area contributed by atoms with Gasteiger partial charge in [0.05, 0.1) is 5.75 Å². The normalized spacial score (nSPS) is 27.6. The molecule has 0 aliphatic carbocycles. The van der Waals surface area contributed by atoms with Crippen LogP contribution in [-0.2, 0) is 16.4 Å². The van der Waals surface area contributed by atoms with Gasteiger partial charge in [-0.1, -0.05) is 5.16 Å². The first-order valence-corrected chi connectivity index (χ1v) is 13.5. The fraction of sp³-hybridized carbons (Fsp3) is 0.818. The number of carbonyl (C=O) groups excluding carboxylic acids is 1. The van der Waals surface area contributed by atoms with Crippen molar-refractivity contribution in [2.24, 2.45) is 5.92 Å². The van der Waals surface area contributed by atoms with Gasteiger partial charge in [-0.2, -0.15) is 4.31 Å². The molecular weight excluding hydrogens is 432 g/mol. The van der Waals surface area contributed by atoms with Crippen molar-refractivity contribution in [3.05, 3.63) is 17.5 Å². The lowest BCUT2D eigenvalue weighted by Crippen LogP contribution is -2.53. The second kappa shape index (κ2) is 10.2. The molecule has 3 atom stereocenters. The van der Waals surface area contributed by atoms with E-state index < -0.39 is 10.0 Å². The highest BCUT2D eigenvalue weighted by molar-refractivity contribution is 7.89. The molecule has 9 nitrogen and oxygen atoms in total. The number of fused-ring (bicyclic) bond motifs is 2. The molecule has 1 unspecified atom stereocenters. The molecule has 32 heavy (non-hydrogen) atoms. The van der Waals surface area contributed by atoms with Crippen LogP contribution in [0.3, 0.4) is 0 Å². The van der Waals surface area contributed by atoms with Gasteiger partial charge in [-0.15, -0.1) is 0 Å². The highest BCUT2D eigenvalue weighted by atomic mass is 32.2. The van der Waals surface area contributed by atoms with Crippen LogP contribution in [0.1, 0.15) is 67.6 Å². The highest BCUT2D eigenvalue weighted by Crippen LogP contribution is 2.39. The number of amides is 1. The van der Waals surface area contributed by atoms with Crippen molar-refractivity contribution in [2.45, 2.75) is 75.9 Å². The molecular formula is C22H36N4O5S. The number of sulfonamides is 1. The summed E-state index contributed by atoms with van der Waals surface area (Å²) < 4.78 is 33.5. The monoisotopic (exact) mass is 468 g/mol. The minimum absolute atomic E-state index is 0.0262. The molecule has 0 radical (unpaired) electrons.